The van der Waals surface area contributed by atoms with E-state index in [-0.39, 0.29) is 0 Å². The summed E-state index contributed by atoms with van der Waals surface area (Å²) >= 11 is 9.34. The number of methoxy groups -OCH3 is 2. The summed E-state index contributed by atoms with van der Waals surface area (Å²) in [6, 6.07) is 9.66. The quantitative estimate of drug-likeness (QED) is 0.659. The van der Waals surface area contributed by atoms with Crippen molar-refractivity contribution in [3.63, 3.8) is 0 Å². The fourth-order valence-corrected chi connectivity index (χ4v) is 3.78. The summed E-state index contributed by atoms with van der Waals surface area (Å²) in [5.41, 5.74) is 0.675. The molecule has 0 aromatic heterocycles. The maximum absolute atomic E-state index is 12.5. The largest absolute Gasteiger partial charge is 0.495 e. The third-order valence-corrected chi connectivity index (χ3v) is 5.46. The monoisotopic (exact) mass is 476 g/mol. The molecule has 1 N–H and O–H groups in total. The molecule has 0 unspecified atom stereocenters. The topological polar surface area (TPSA) is 84.9 Å². The SMILES string of the molecule is COc1cc(NC(=O)CN(c2cccc(Br)c2)S(C)(=O)=O)c(OC)cc1Cl. The number of carbonyl (C=O) groups is 1. The molecule has 10 heteroatoms. The van der Waals surface area contributed by atoms with Crippen molar-refractivity contribution in [2.24, 2.45) is 0 Å². The van der Waals surface area contributed by atoms with Gasteiger partial charge in [0.2, 0.25) is 15.9 Å². The van der Waals surface area contributed by atoms with Crippen molar-refractivity contribution >= 4 is 54.8 Å². The van der Waals surface area contributed by atoms with Gasteiger partial charge in [0.15, 0.2) is 0 Å². The van der Waals surface area contributed by atoms with E-state index in [4.69, 9.17) is 21.1 Å². The van der Waals surface area contributed by atoms with Crippen molar-refractivity contribution in [1.82, 2.24) is 0 Å². The van der Waals surface area contributed by atoms with Gasteiger partial charge in [0.25, 0.3) is 0 Å². The molecule has 0 aliphatic carbocycles. The van der Waals surface area contributed by atoms with Gasteiger partial charge in [-0.1, -0.05) is 33.6 Å². The predicted molar refractivity (Wildman–Crippen MR) is 110 cm³/mol. The number of hydrogen-bond acceptors (Lipinski definition) is 5. The molecule has 146 valence electrons. The molecule has 0 spiro atoms. The number of rotatable bonds is 7. The van der Waals surface area contributed by atoms with E-state index >= 15 is 0 Å². The van der Waals surface area contributed by atoms with Gasteiger partial charge in [-0.3, -0.25) is 9.10 Å². The number of amides is 1. The Balaban J connectivity index is 2.29. The second-order valence-corrected chi connectivity index (χ2v) is 8.71. The summed E-state index contributed by atoms with van der Waals surface area (Å²) in [6.45, 7) is -0.413. The van der Waals surface area contributed by atoms with E-state index in [9.17, 15) is 13.2 Å². The van der Waals surface area contributed by atoms with Crippen LogP contribution in [0.1, 0.15) is 0 Å². The Labute approximate surface area is 171 Å². The molecule has 0 heterocycles. The molecule has 27 heavy (non-hydrogen) atoms. The number of nitrogens with one attached hydrogen (secondary N) is 1. The Kier molecular flexibility index (Phi) is 6.96. The van der Waals surface area contributed by atoms with Crippen LogP contribution in [0.15, 0.2) is 40.9 Å². The highest BCUT2D eigenvalue weighted by Gasteiger charge is 2.22. The van der Waals surface area contributed by atoms with E-state index in [1.165, 1.54) is 26.4 Å². The number of anilines is 2. The highest BCUT2D eigenvalue weighted by molar-refractivity contribution is 9.10. The van der Waals surface area contributed by atoms with Gasteiger partial charge < -0.3 is 14.8 Å². The molecule has 0 saturated carbocycles. The summed E-state index contributed by atoms with van der Waals surface area (Å²) in [7, 11) is -0.812. The van der Waals surface area contributed by atoms with Crippen LogP contribution in [-0.4, -0.2) is 41.3 Å². The molecule has 0 bridgehead atoms. The second kappa shape index (κ2) is 8.81. The molecule has 1 amide bonds. The number of halogens is 2. The summed E-state index contributed by atoms with van der Waals surface area (Å²) < 4.78 is 36.4. The van der Waals surface area contributed by atoms with E-state index < -0.39 is 22.5 Å². The van der Waals surface area contributed by atoms with Crippen LogP contribution >= 0.6 is 27.5 Å². The van der Waals surface area contributed by atoms with Gasteiger partial charge in [-0.05, 0) is 18.2 Å². The van der Waals surface area contributed by atoms with E-state index in [0.717, 1.165) is 10.6 Å². The van der Waals surface area contributed by atoms with Crippen LogP contribution in [0.3, 0.4) is 0 Å². The number of sulfonamides is 1. The average molecular weight is 478 g/mol. The molecule has 0 aliphatic heterocycles. The second-order valence-electron chi connectivity index (χ2n) is 5.48. The van der Waals surface area contributed by atoms with Gasteiger partial charge in [0, 0.05) is 16.6 Å². The molecule has 7 nitrogen and oxygen atoms in total. The van der Waals surface area contributed by atoms with Crippen LogP contribution in [0.2, 0.25) is 5.02 Å². The minimum atomic E-state index is -3.68. The molecule has 0 radical (unpaired) electrons. The van der Waals surface area contributed by atoms with Crippen LogP contribution < -0.4 is 19.1 Å². The lowest BCUT2D eigenvalue weighted by Gasteiger charge is -2.22. The van der Waals surface area contributed by atoms with E-state index in [0.29, 0.717) is 32.4 Å². The summed E-state index contributed by atoms with van der Waals surface area (Å²) in [5, 5.41) is 2.95. The first-order chi connectivity index (χ1) is 12.7. The van der Waals surface area contributed by atoms with Crippen LogP contribution in [0, 0.1) is 0 Å². The van der Waals surface area contributed by atoms with Crippen LogP contribution in [0.4, 0.5) is 11.4 Å². The molecule has 0 aliphatic rings. The smallest absolute Gasteiger partial charge is 0.245 e. The number of nitrogens with zero attached hydrogens (tertiary/aromatic N) is 1. The maximum Gasteiger partial charge on any atom is 0.245 e. The van der Waals surface area contributed by atoms with Crippen LogP contribution in [0.25, 0.3) is 0 Å². The van der Waals surface area contributed by atoms with Crippen LogP contribution in [-0.2, 0) is 14.8 Å². The van der Waals surface area contributed by atoms with Crippen molar-refractivity contribution < 1.29 is 22.7 Å². The Morgan fingerprint density at radius 2 is 1.85 bits per heavy atom. The first-order valence-corrected chi connectivity index (χ1v) is 10.6. The van der Waals surface area contributed by atoms with Gasteiger partial charge in [-0.25, -0.2) is 8.42 Å². The Morgan fingerprint density at radius 1 is 1.19 bits per heavy atom. The predicted octanol–water partition coefficient (Wildman–Crippen LogP) is 3.52. The van der Waals surface area contributed by atoms with Crippen molar-refractivity contribution in [2.75, 3.05) is 36.6 Å². The fourth-order valence-electron chi connectivity index (χ4n) is 2.31. The number of carbonyl (C=O) groups excluding carboxylic acids is 1. The normalized spacial score (nSPS) is 11.0. The van der Waals surface area contributed by atoms with Gasteiger partial charge in [0.05, 0.1) is 36.9 Å². The zero-order valence-corrected chi connectivity index (χ0v) is 18.0. The Morgan fingerprint density at radius 3 is 2.41 bits per heavy atom. The molecular formula is C17H18BrClN2O5S. The highest BCUT2D eigenvalue weighted by Crippen LogP contribution is 2.36. The van der Waals surface area contributed by atoms with Crippen molar-refractivity contribution in [3.8, 4) is 11.5 Å². The number of ether oxygens (including phenoxy) is 2. The fraction of sp³-hybridized carbons (Fsp3) is 0.235. The third-order valence-electron chi connectivity index (χ3n) is 3.53. The lowest BCUT2D eigenvalue weighted by Crippen LogP contribution is -2.37. The highest BCUT2D eigenvalue weighted by atomic mass is 79.9. The van der Waals surface area contributed by atoms with Crippen molar-refractivity contribution in [3.05, 3.63) is 45.9 Å². The van der Waals surface area contributed by atoms with Crippen LogP contribution in [0.5, 0.6) is 11.5 Å². The zero-order chi connectivity index (χ0) is 20.2. The molecule has 2 rings (SSSR count). The van der Waals surface area contributed by atoms with Crippen molar-refractivity contribution in [1.29, 1.82) is 0 Å². The minimum absolute atomic E-state index is 0.312. The first-order valence-electron chi connectivity index (χ1n) is 7.60. The third kappa shape index (κ3) is 5.50. The molecular weight excluding hydrogens is 460 g/mol. The van der Waals surface area contributed by atoms with E-state index in [1.54, 1.807) is 24.3 Å². The Bertz CT molecular complexity index is 952. The Hall–Kier alpha value is -1.97. The summed E-state index contributed by atoms with van der Waals surface area (Å²) in [4.78, 5) is 12.5. The van der Waals surface area contributed by atoms with Gasteiger partial charge in [-0.15, -0.1) is 0 Å². The van der Waals surface area contributed by atoms with E-state index in [1.807, 2.05) is 0 Å². The van der Waals surface area contributed by atoms with E-state index in [2.05, 4.69) is 21.2 Å². The van der Waals surface area contributed by atoms with Crippen molar-refractivity contribution in [2.45, 2.75) is 0 Å². The zero-order valence-electron chi connectivity index (χ0n) is 14.8. The molecule has 0 fully saturated rings. The number of hydrogen-bond donors (Lipinski definition) is 1. The molecule has 2 aromatic rings. The van der Waals surface area contributed by atoms with Gasteiger partial charge in [0.1, 0.15) is 18.0 Å². The lowest BCUT2D eigenvalue weighted by atomic mass is 10.2. The molecule has 0 atom stereocenters. The molecule has 0 saturated heterocycles. The number of benzene rings is 2. The lowest BCUT2D eigenvalue weighted by molar-refractivity contribution is -0.114. The molecule has 2 aromatic carbocycles. The first kappa shape index (κ1) is 21.3. The summed E-state index contributed by atoms with van der Waals surface area (Å²) in [5.74, 6) is 0.116. The minimum Gasteiger partial charge on any atom is -0.495 e. The van der Waals surface area contributed by atoms with Gasteiger partial charge >= 0.3 is 0 Å². The maximum atomic E-state index is 12.5. The average Bonchev–Trinajstić information content (AvgIpc) is 2.59. The standard InChI is InChI=1S/C17H18BrClN2O5S/c1-25-15-9-14(16(26-2)8-13(15)19)20-17(22)10-21(27(3,23)24)12-6-4-5-11(18)7-12/h4-9H,10H2,1-3H3,(H,20,22). The van der Waals surface area contributed by atoms with Gasteiger partial charge in [-0.2, -0.15) is 0 Å². The summed E-state index contributed by atoms with van der Waals surface area (Å²) in [6.07, 6.45) is 1.03.